The zero-order chi connectivity index (χ0) is 17.2. The number of para-hydroxylation sites is 1. The molecule has 0 amide bonds. The average Bonchev–Trinajstić information content (AvgIpc) is 2.98. The molecule has 7 nitrogen and oxygen atoms in total. The van der Waals surface area contributed by atoms with Gasteiger partial charge in [-0.2, -0.15) is 0 Å². The van der Waals surface area contributed by atoms with E-state index >= 15 is 0 Å². The molecule has 1 aromatic heterocycles. The van der Waals surface area contributed by atoms with Gasteiger partial charge in [-0.25, -0.2) is 4.79 Å². The van der Waals surface area contributed by atoms with E-state index in [1.807, 2.05) is 18.2 Å². The normalized spacial score (nSPS) is 12.4. The summed E-state index contributed by atoms with van der Waals surface area (Å²) in [6, 6.07) is 7.15. The summed E-state index contributed by atoms with van der Waals surface area (Å²) in [4.78, 5) is 17.7. The Balaban J connectivity index is 1.63. The Bertz CT molecular complexity index is 705. The van der Waals surface area contributed by atoms with Crippen LogP contribution in [0.5, 0.6) is 0 Å². The van der Waals surface area contributed by atoms with Gasteiger partial charge in [-0.1, -0.05) is 63.4 Å². The minimum atomic E-state index is -0.825. The number of fused-ring (bicyclic) bond motifs is 1. The Kier molecular flexibility index (Phi) is 7.66. The van der Waals surface area contributed by atoms with Crippen molar-refractivity contribution in [3.63, 3.8) is 0 Å². The number of nitrogens with two attached hydrogens (primary N) is 1. The summed E-state index contributed by atoms with van der Waals surface area (Å²) >= 11 is 0. The first-order valence-corrected chi connectivity index (χ1v) is 9.56. The summed E-state index contributed by atoms with van der Waals surface area (Å²) in [5, 5.41) is 7.61. The molecule has 1 heterocycles. The van der Waals surface area contributed by atoms with Gasteiger partial charge in [0.15, 0.2) is 0 Å². The van der Waals surface area contributed by atoms with Crippen LogP contribution in [-0.4, -0.2) is 39.0 Å². The van der Waals surface area contributed by atoms with Crippen LogP contribution in [0.2, 0.25) is 0 Å². The zero-order valence-electron chi connectivity index (χ0n) is 12.9. The van der Waals surface area contributed by atoms with Crippen LogP contribution in [0.3, 0.4) is 0 Å². The minimum absolute atomic E-state index is 0.0142. The number of rotatable bonds is 9. The highest BCUT2D eigenvalue weighted by molar-refractivity contribution is 8.76. The number of hydrogen-bond donors (Lipinski definition) is 1. The van der Waals surface area contributed by atoms with Crippen molar-refractivity contribution < 1.29 is 14.4 Å². The van der Waals surface area contributed by atoms with Crippen molar-refractivity contribution in [1.29, 1.82) is 0 Å². The molecule has 0 aliphatic rings. The standard InChI is InChI=1S/C15H18N4O3S2/c1-2-3-4-9-14(16)24-23-11-10-21-15(20)22-19-13-8-6-5-7-12(13)17-18-19/h2-8,14H,1,9-11,16H2/b4-3-. The van der Waals surface area contributed by atoms with Gasteiger partial charge in [0.05, 0.1) is 5.37 Å². The monoisotopic (exact) mass is 366 g/mol. The van der Waals surface area contributed by atoms with Gasteiger partial charge in [0, 0.05) is 5.75 Å². The average molecular weight is 366 g/mol. The molecule has 9 heteroatoms. The third kappa shape index (κ3) is 5.91. The lowest BCUT2D eigenvalue weighted by Crippen LogP contribution is -2.22. The highest BCUT2D eigenvalue weighted by Crippen LogP contribution is 2.25. The molecule has 0 spiro atoms. The summed E-state index contributed by atoms with van der Waals surface area (Å²) in [6.07, 6.45) is 5.46. The molecule has 1 aromatic carbocycles. The molecule has 0 aliphatic carbocycles. The Morgan fingerprint density at radius 2 is 2.29 bits per heavy atom. The number of aromatic nitrogens is 3. The molecule has 2 rings (SSSR count). The molecule has 128 valence electrons. The van der Waals surface area contributed by atoms with Crippen LogP contribution in [0.4, 0.5) is 4.79 Å². The Labute approximate surface area is 147 Å². The van der Waals surface area contributed by atoms with Gasteiger partial charge in [0.2, 0.25) is 0 Å². The smallest absolute Gasteiger partial charge is 0.432 e. The van der Waals surface area contributed by atoms with Crippen molar-refractivity contribution in [2.75, 3.05) is 12.4 Å². The Morgan fingerprint density at radius 1 is 1.46 bits per heavy atom. The summed E-state index contributed by atoms with van der Waals surface area (Å²) in [5.74, 6) is 0.608. The molecule has 2 N–H and O–H groups in total. The van der Waals surface area contributed by atoms with Crippen LogP contribution in [0, 0.1) is 0 Å². The number of nitrogens with zero attached hydrogens (tertiary/aromatic N) is 3. The number of ether oxygens (including phenoxy) is 1. The van der Waals surface area contributed by atoms with E-state index in [2.05, 4.69) is 16.9 Å². The van der Waals surface area contributed by atoms with Gasteiger partial charge in [-0.3, -0.25) is 4.84 Å². The molecule has 1 atom stereocenters. The van der Waals surface area contributed by atoms with Crippen LogP contribution in [0.25, 0.3) is 11.0 Å². The topological polar surface area (TPSA) is 92.3 Å². The largest absolute Gasteiger partial charge is 0.535 e. The maximum Gasteiger partial charge on any atom is 0.535 e. The molecular weight excluding hydrogens is 348 g/mol. The lowest BCUT2D eigenvalue weighted by molar-refractivity contribution is 0.0434. The third-order valence-electron chi connectivity index (χ3n) is 2.70. The Morgan fingerprint density at radius 3 is 3.12 bits per heavy atom. The molecule has 2 aromatic rings. The predicted octanol–water partition coefficient (Wildman–Crippen LogP) is 2.80. The predicted molar refractivity (Wildman–Crippen MR) is 97.4 cm³/mol. The van der Waals surface area contributed by atoms with E-state index in [9.17, 15) is 4.79 Å². The highest BCUT2D eigenvalue weighted by atomic mass is 33.1. The maximum atomic E-state index is 11.6. The van der Waals surface area contributed by atoms with Gasteiger partial charge in [0.1, 0.15) is 17.6 Å². The number of carbonyl (C=O) groups excluding carboxylic acids is 1. The van der Waals surface area contributed by atoms with Gasteiger partial charge in [0.25, 0.3) is 0 Å². The maximum absolute atomic E-state index is 11.6. The third-order valence-corrected chi connectivity index (χ3v) is 5.26. The van der Waals surface area contributed by atoms with Crippen LogP contribution < -0.4 is 10.6 Å². The van der Waals surface area contributed by atoms with Crippen molar-refractivity contribution >= 4 is 38.8 Å². The van der Waals surface area contributed by atoms with Crippen LogP contribution in [0.1, 0.15) is 6.42 Å². The van der Waals surface area contributed by atoms with Crippen molar-refractivity contribution in [3.05, 3.63) is 49.1 Å². The zero-order valence-corrected chi connectivity index (χ0v) is 14.5. The SMILES string of the molecule is C=C/C=C\CC(N)SSCCOC(=O)On1nnc2ccccc21. The number of allylic oxidation sites excluding steroid dienone is 2. The molecule has 0 radical (unpaired) electrons. The Hall–Kier alpha value is -1.97. The molecule has 24 heavy (non-hydrogen) atoms. The fourth-order valence-corrected chi connectivity index (χ4v) is 3.52. The summed E-state index contributed by atoms with van der Waals surface area (Å²) in [6.45, 7) is 3.81. The molecule has 0 aliphatic heterocycles. The van der Waals surface area contributed by atoms with Crippen LogP contribution in [0.15, 0.2) is 49.1 Å². The van der Waals surface area contributed by atoms with E-state index in [4.69, 9.17) is 15.3 Å². The fourth-order valence-electron chi connectivity index (χ4n) is 1.65. The summed E-state index contributed by atoms with van der Waals surface area (Å²) in [7, 11) is 3.07. The van der Waals surface area contributed by atoms with Gasteiger partial charge in [-0.05, 0) is 23.8 Å². The fraction of sp³-hybridized carbons (Fsp3) is 0.267. The van der Waals surface area contributed by atoms with Gasteiger partial charge < -0.3 is 10.5 Å². The summed E-state index contributed by atoms with van der Waals surface area (Å²) < 4.78 is 4.99. The lowest BCUT2D eigenvalue weighted by atomic mass is 10.3. The van der Waals surface area contributed by atoms with Crippen molar-refractivity contribution in [3.8, 4) is 0 Å². The van der Waals surface area contributed by atoms with Crippen LogP contribution in [-0.2, 0) is 4.74 Å². The van der Waals surface area contributed by atoms with E-state index in [0.717, 1.165) is 11.3 Å². The summed E-state index contributed by atoms with van der Waals surface area (Å²) in [5.41, 5.74) is 7.14. The molecule has 0 bridgehead atoms. The van der Waals surface area contributed by atoms with Crippen molar-refractivity contribution in [1.82, 2.24) is 15.2 Å². The number of hydrogen-bond acceptors (Lipinski definition) is 8. The first-order chi connectivity index (χ1) is 11.7. The highest BCUT2D eigenvalue weighted by Gasteiger charge is 2.11. The van der Waals surface area contributed by atoms with E-state index in [1.165, 1.54) is 21.6 Å². The van der Waals surface area contributed by atoms with E-state index in [0.29, 0.717) is 16.8 Å². The molecule has 0 saturated heterocycles. The van der Waals surface area contributed by atoms with Gasteiger partial charge in [-0.15, -0.1) is 5.10 Å². The van der Waals surface area contributed by atoms with E-state index < -0.39 is 6.16 Å². The first-order valence-electron chi connectivity index (χ1n) is 7.17. The molecule has 1 unspecified atom stereocenters. The second-order valence-electron chi connectivity index (χ2n) is 4.50. The molecule has 0 saturated carbocycles. The van der Waals surface area contributed by atoms with Crippen LogP contribution >= 0.6 is 21.6 Å². The van der Waals surface area contributed by atoms with E-state index in [-0.39, 0.29) is 12.0 Å². The number of carbonyl (C=O) groups is 1. The minimum Gasteiger partial charge on any atom is -0.432 e. The second-order valence-corrected chi connectivity index (χ2v) is 7.22. The number of benzene rings is 1. The first kappa shape index (κ1) is 18.4. The van der Waals surface area contributed by atoms with Crippen molar-refractivity contribution in [2.24, 2.45) is 5.73 Å². The molecular formula is C15H18N4O3S2. The molecule has 0 fully saturated rings. The van der Waals surface area contributed by atoms with E-state index in [1.54, 1.807) is 24.3 Å². The van der Waals surface area contributed by atoms with Gasteiger partial charge >= 0.3 is 6.16 Å². The lowest BCUT2D eigenvalue weighted by Gasteiger charge is -2.08. The quantitative estimate of drug-likeness (QED) is 0.181. The van der Waals surface area contributed by atoms with Crippen molar-refractivity contribution in [2.45, 2.75) is 11.8 Å². The second kappa shape index (κ2) is 10.0.